The standard InChI is InChI=1S/C42H46Si.2CH3.Hf/c1-9-22-43(8,35-25-31-16-12-20-37(39(31)27-35)29-14-10-18-33(23-29)41(2,3)4)36-26-32-17-13-21-38(40(32)28-36)30-15-11-19-34(24-30)42(5,6)7;;;/h10-21,23-28H,9,22H2,1-8H3;2*1H3;/q-2;2*-1;+4. The van der Waals surface area contributed by atoms with Crippen LogP contribution < -0.4 is 10.4 Å². The Labute approximate surface area is 299 Å². The molecule has 46 heavy (non-hydrogen) atoms. The Morgan fingerprint density at radius 3 is 1.33 bits per heavy atom. The molecule has 0 N–H and O–H groups in total. The summed E-state index contributed by atoms with van der Waals surface area (Å²) in [6.07, 6.45) is 1.19. The third kappa shape index (κ3) is 7.04. The summed E-state index contributed by atoms with van der Waals surface area (Å²) in [6, 6.07) is 43.4. The molecule has 6 rings (SSSR count). The van der Waals surface area contributed by atoms with Crippen molar-refractivity contribution in [2.75, 3.05) is 0 Å². The van der Waals surface area contributed by atoms with Gasteiger partial charge in [-0.3, -0.25) is 0 Å². The van der Waals surface area contributed by atoms with E-state index in [4.69, 9.17) is 0 Å². The molecule has 0 saturated carbocycles. The maximum Gasteiger partial charge on any atom is 4.00 e. The Bertz CT molecular complexity index is 1780. The van der Waals surface area contributed by atoms with E-state index < -0.39 is 8.07 Å². The average molecular weight is 787 g/mol. The second kappa shape index (κ2) is 14.1. The van der Waals surface area contributed by atoms with Gasteiger partial charge >= 0.3 is 25.8 Å². The van der Waals surface area contributed by atoms with E-state index in [2.05, 4.69) is 164 Å². The quantitative estimate of drug-likeness (QED) is 0.117. The van der Waals surface area contributed by atoms with Crippen LogP contribution in [0.5, 0.6) is 0 Å². The molecule has 0 spiro atoms. The Kier molecular flexibility index (Phi) is 11.6. The van der Waals surface area contributed by atoms with Gasteiger partial charge in [0.05, 0.1) is 8.07 Å². The van der Waals surface area contributed by atoms with Crippen LogP contribution in [0.4, 0.5) is 0 Å². The van der Waals surface area contributed by atoms with Gasteiger partial charge in [-0.1, -0.05) is 139 Å². The van der Waals surface area contributed by atoms with Crippen molar-refractivity contribution >= 4 is 40.0 Å². The van der Waals surface area contributed by atoms with E-state index in [0.29, 0.717) is 0 Å². The van der Waals surface area contributed by atoms with Gasteiger partial charge in [-0.15, -0.1) is 68.3 Å². The molecule has 0 aliphatic heterocycles. The van der Waals surface area contributed by atoms with E-state index >= 15 is 0 Å². The molecular formula is C44H52HfSi. The van der Waals surface area contributed by atoms with E-state index in [0.717, 1.165) is 0 Å². The first-order valence-corrected chi connectivity index (χ1v) is 18.7. The molecule has 0 radical (unpaired) electrons. The van der Waals surface area contributed by atoms with Gasteiger partial charge in [0.15, 0.2) is 0 Å². The minimum atomic E-state index is -2.00. The molecule has 236 valence electrons. The molecule has 0 aromatic heterocycles. The SMILES string of the molecule is CCC[Si](C)(c1cc2c(-c3cccc(C(C)(C)C)c3)cccc2[cH-]1)c1cc2c(-c3cccc(C(C)(C)C)c3)cccc2[cH-]1.[CH3-].[CH3-].[Hf+4]. The molecule has 6 aromatic carbocycles. The van der Waals surface area contributed by atoms with Crippen LogP contribution in [0, 0.1) is 14.9 Å². The van der Waals surface area contributed by atoms with Crippen LogP contribution in [0.1, 0.15) is 66.0 Å². The molecule has 0 nitrogen and oxygen atoms in total. The van der Waals surface area contributed by atoms with E-state index in [-0.39, 0.29) is 51.5 Å². The van der Waals surface area contributed by atoms with Gasteiger partial charge < -0.3 is 14.9 Å². The molecule has 0 atom stereocenters. The Morgan fingerprint density at radius 2 is 0.957 bits per heavy atom. The summed E-state index contributed by atoms with van der Waals surface area (Å²) in [5.41, 5.74) is 8.33. The van der Waals surface area contributed by atoms with Crippen molar-refractivity contribution in [3.05, 3.63) is 135 Å². The first-order chi connectivity index (χ1) is 20.4. The zero-order valence-corrected chi connectivity index (χ0v) is 34.4. The number of fused-ring (bicyclic) bond motifs is 2. The first kappa shape index (κ1) is 37.6. The second-order valence-corrected chi connectivity index (χ2v) is 19.2. The third-order valence-corrected chi connectivity index (χ3v) is 14.2. The van der Waals surface area contributed by atoms with Gasteiger partial charge in [-0.2, -0.15) is 12.1 Å². The van der Waals surface area contributed by atoms with Crippen molar-refractivity contribution in [1.82, 2.24) is 0 Å². The predicted molar refractivity (Wildman–Crippen MR) is 206 cm³/mol. The van der Waals surface area contributed by atoms with Crippen LogP contribution in [0.3, 0.4) is 0 Å². The summed E-state index contributed by atoms with van der Waals surface area (Å²) in [7, 11) is -2.00. The fourth-order valence-electron chi connectivity index (χ4n) is 6.87. The fraction of sp³-hybridized carbons (Fsp3) is 0.273. The van der Waals surface area contributed by atoms with E-state index in [1.165, 1.54) is 67.4 Å². The minimum absolute atomic E-state index is 0. The molecule has 0 saturated heterocycles. The molecule has 0 bridgehead atoms. The van der Waals surface area contributed by atoms with Gasteiger partial charge in [0.25, 0.3) is 0 Å². The Morgan fingerprint density at radius 1 is 0.565 bits per heavy atom. The third-order valence-electron chi connectivity index (χ3n) is 9.60. The molecule has 0 unspecified atom stereocenters. The maximum absolute atomic E-state index is 2.60. The van der Waals surface area contributed by atoms with E-state index in [1.807, 2.05) is 0 Å². The number of hydrogen-bond acceptors (Lipinski definition) is 0. The van der Waals surface area contributed by atoms with Crippen LogP contribution >= 0.6 is 0 Å². The van der Waals surface area contributed by atoms with Gasteiger partial charge in [0.2, 0.25) is 0 Å². The van der Waals surface area contributed by atoms with Gasteiger partial charge in [0, 0.05) is 0 Å². The maximum atomic E-state index is 2.60. The predicted octanol–water partition coefficient (Wildman–Crippen LogP) is 11.9. The molecule has 0 aliphatic carbocycles. The van der Waals surface area contributed by atoms with Crippen molar-refractivity contribution in [3.63, 3.8) is 0 Å². The topological polar surface area (TPSA) is 0 Å². The molecule has 0 fully saturated rings. The van der Waals surface area contributed by atoms with Crippen LogP contribution in [0.2, 0.25) is 12.6 Å². The second-order valence-electron chi connectivity index (χ2n) is 14.8. The molecule has 0 aliphatic rings. The van der Waals surface area contributed by atoms with Gasteiger partial charge in [-0.05, 0) is 33.1 Å². The summed E-state index contributed by atoms with van der Waals surface area (Å²) in [6.45, 7) is 18.7. The largest absolute Gasteiger partial charge is 4.00 e. The van der Waals surface area contributed by atoms with Crippen LogP contribution in [-0.2, 0) is 36.7 Å². The number of benzene rings is 4. The van der Waals surface area contributed by atoms with Crippen molar-refractivity contribution in [2.24, 2.45) is 0 Å². The van der Waals surface area contributed by atoms with E-state index in [1.54, 1.807) is 10.4 Å². The summed E-state index contributed by atoms with van der Waals surface area (Å²) in [4.78, 5) is 0. The average Bonchev–Trinajstić information content (AvgIpc) is 3.62. The smallest absolute Gasteiger partial charge is 0.358 e. The van der Waals surface area contributed by atoms with Crippen LogP contribution in [0.25, 0.3) is 43.8 Å². The van der Waals surface area contributed by atoms with Crippen LogP contribution in [0.15, 0.2) is 109 Å². The van der Waals surface area contributed by atoms with E-state index in [9.17, 15) is 0 Å². The summed E-state index contributed by atoms with van der Waals surface area (Å²) < 4.78 is 0. The van der Waals surface area contributed by atoms with Crippen molar-refractivity contribution in [2.45, 2.75) is 78.3 Å². The summed E-state index contributed by atoms with van der Waals surface area (Å²) >= 11 is 0. The van der Waals surface area contributed by atoms with Gasteiger partial charge in [-0.25, -0.2) is 0 Å². The monoisotopic (exact) mass is 788 g/mol. The van der Waals surface area contributed by atoms with Crippen molar-refractivity contribution in [3.8, 4) is 22.3 Å². The van der Waals surface area contributed by atoms with Crippen molar-refractivity contribution < 1.29 is 25.8 Å². The first-order valence-electron chi connectivity index (χ1n) is 16.0. The zero-order valence-electron chi connectivity index (χ0n) is 29.8. The molecular weight excluding hydrogens is 735 g/mol. The Balaban J connectivity index is 0.00000192. The normalized spacial score (nSPS) is 12.0. The summed E-state index contributed by atoms with van der Waals surface area (Å²) in [5, 5.41) is 8.59. The molecule has 2 heteroatoms. The zero-order chi connectivity index (χ0) is 30.6. The Hall–Kier alpha value is -2.81. The van der Waals surface area contributed by atoms with Gasteiger partial charge in [0.1, 0.15) is 0 Å². The number of hydrogen-bond donors (Lipinski definition) is 0. The van der Waals surface area contributed by atoms with Crippen molar-refractivity contribution in [1.29, 1.82) is 0 Å². The van der Waals surface area contributed by atoms with Crippen LogP contribution in [-0.4, -0.2) is 8.07 Å². The molecule has 0 heterocycles. The number of rotatable bonds is 6. The fourth-order valence-corrected chi connectivity index (χ4v) is 10.7. The minimum Gasteiger partial charge on any atom is -0.358 e. The summed E-state index contributed by atoms with van der Waals surface area (Å²) in [5.74, 6) is 0. The molecule has 6 aromatic rings. The molecule has 0 amide bonds.